The van der Waals surface area contributed by atoms with Crippen molar-refractivity contribution in [2.24, 2.45) is 5.41 Å². The Balaban J connectivity index is 2.05. The van der Waals surface area contributed by atoms with Gasteiger partial charge in [-0.1, -0.05) is 20.8 Å². The lowest BCUT2D eigenvalue weighted by atomic mass is 9.75. The number of nitrogens with zero attached hydrogens (tertiary/aromatic N) is 1. The number of thioether (sulfide) groups is 1. The second-order valence-electron chi connectivity index (χ2n) is 6.53. The van der Waals surface area contributed by atoms with E-state index in [2.05, 4.69) is 31.0 Å². The molecule has 2 rings (SSSR count). The van der Waals surface area contributed by atoms with Crippen molar-refractivity contribution in [1.29, 1.82) is 0 Å². The number of hydrogen-bond donors (Lipinski definition) is 1. The number of nitrogens with one attached hydrogen (secondary N) is 1. The normalized spacial score (nSPS) is 26.8. The molecule has 4 heteroatoms. The minimum Gasteiger partial charge on any atom is -0.341 e. The van der Waals surface area contributed by atoms with Crippen LogP contribution in [0.15, 0.2) is 0 Å². The van der Waals surface area contributed by atoms with Gasteiger partial charge in [-0.15, -0.1) is 0 Å². The number of carbonyl (C=O) groups is 1. The van der Waals surface area contributed by atoms with Gasteiger partial charge in [0.2, 0.25) is 5.91 Å². The molecule has 0 aliphatic carbocycles. The predicted molar refractivity (Wildman–Crippen MR) is 82.6 cm³/mol. The Morgan fingerprint density at radius 2 is 1.89 bits per heavy atom. The second kappa shape index (κ2) is 6.04. The highest BCUT2D eigenvalue weighted by molar-refractivity contribution is 8.00. The fourth-order valence-electron chi connectivity index (χ4n) is 3.18. The van der Waals surface area contributed by atoms with Gasteiger partial charge in [0.25, 0.3) is 0 Å². The highest BCUT2D eigenvalue weighted by Gasteiger charge is 2.41. The number of amides is 1. The molecule has 19 heavy (non-hydrogen) atoms. The Kier molecular flexibility index (Phi) is 4.83. The van der Waals surface area contributed by atoms with E-state index in [1.165, 1.54) is 0 Å². The molecule has 2 aliphatic rings. The van der Waals surface area contributed by atoms with E-state index in [0.717, 1.165) is 57.6 Å². The molecule has 2 aliphatic heterocycles. The molecule has 0 radical (unpaired) electrons. The van der Waals surface area contributed by atoms with Gasteiger partial charge < -0.3 is 10.2 Å². The predicted octanol–water partition coefficient (Wildman–Crippen LogP) is 2.51. The molecule has 0 aromatic rings. The van der Waals surface area contributed by atoms with Crippen molar-refractivity contribution in [1.82, 2.24) is 10.2 Å². The second-order valence-corrected chi connectivity index (χ2v) is 8.34. The summed E-state index contributed by atoms with van der Waals surface area (Å²) in [6, 6.07) is 0. The first-order valence-corrected chi connectivity index (χ1v) is 8.62. The molecule has 0 atom stereocenters. The van der Waals surface area contributed by atoms with E-state index >= 15 is 0 Å². The lowest BCUT2D eigenvalue weighted by Gasteiger charge is -2.39. The Labute approximate surface area is 121 Å². The van der Waals surface area contributed by atoms with Gasteiger partial charge in [-0.25, -0.2) is 0 Å². The zero-order valence-electron chi connectivity index (χ0n) is 12.6. The maximum Gasteiger partial charge on any atom is 0.228 e. The largest absolute Gasteiger partial charge is 0.341 e. The standard InChI is InChI=1S/C15H28N2OS/c1-4-15(5-8-16-9-6-15)13(18)17-10-7-14(2,3)19-12-11-17/h16H,4-12H2,1-3H3. The number of rotatable bonds is 2. The van der Waals surface area contributed by atoms with Crippen LogP contribution >= 0.6 is 11.8 Å². The van der Waals surface area contributed by atoms with Crippen molar-refractivity contribution < 1.29 is 4.79 Å². The first-order valence-electron chi connectivity index (χ1n) is 7.63. The van der Waals surface area contributed by atoms with Crippen LogP contribution in [0.3, 0.4) is 0 Å². The molecule has 1 amide bonds. The molecule has 2 heterocycles. The fourth-order valence-corrected chi connectivity index (χ4v) is 4.28. The molecule has 3 nitrogen and oxygen atoms in total. The molecule has 0 aromatic carbocycles. The number of carbonyl (C=O) groups excluding carboxylic acids is 1. The van der Waals surface area contributed by atoms with Gasteiger partial charge in [-0.2, -0.15) is 11.8 Å². The van der Waals surface area contributed by atoms with Crippen molar-refractivity contribution in [3.63, 3.8) is 0 Å². The first-order chi connectivity index (χ1) is 8.99. The van der Waals surface area contributed by atoms with Crippen LogP contribution in [0.25, 0.3) is 0 Å². The summed E-state index contributed by atoms with van der Waals surface area (Å²) in [6.07, 6.45) is 4.12. The van der Waals surface area contributed by atoms with Crippen molar-refractivity contribution in [2.75, 3.05) is 31.9 Å². The van der Waals surface area contributed by atoms with Gasteiger partial charge in [0.15, 0.2) is 0 Å². The minimum absolute atomic E-state index is 0.0790. The minimum atomic E-state index is -0.0790. The number of hydrogen-bond acceptors (Lipinski definition) is 3. The molecular weight excluding hydrogens is 256 g/mol. The molecular formula is C15H28N2OS. The SMILES string of the molecule is CCC1(C(=O)N2CCSC(C)(C)CC2)CCNCC1. The third-order valence-corrected chi connectivity index (χ3v) is 6.19. The highest BCUT2D eigenvalue weighted by atomic mass is 32.2. The van der Waals surface area contributed by atoms with Gasteiger partial charge in [0.05, 0.1) is 5.41 Å². The average Bonchev–Trinajstić information content (AvgIpc) is 2.59. The van der Waals surface area contributed by atoms with Gasteiger partial charge in [-0.05, 0) is 38.8 Å². The van der Waals surface area contributed by atoms with Crippen LogP contribution in [0.4, 0.5) is 0 Å². The lowest BCUT2D eigenvalue weighted by molar-refractivity contribution is -0.144. The van der Waals surface area contributed by atoms with Gasteiger partial charge >= 0.3 is 0 Å². The maximum absolute atomic E-state index is 13.0. The molecule has 0 saturated carbocycles. The number of piperidine rings is 1. The topological polar surface area (TPSA) is 32.3 Å². The average molecular weight is 284 g/mol. The Morgan fingerprint density at radius 3 is 2.53 bits per heavy atom. The summed E-state index contributed by atoms with van der Waals surface area (Å²) in [5.41, 5.74) is -0.0790. The molecule has 2 saturated heterocycles. The molecule has 1 N–H and O–H groups in total. The fraction of sp³-hybridized carbons (Fsp3) is 0.933. The first kappa shape index (κ1) is 15.2. The van der Waals surface area contributed by atoms with Crippen molar-refractivity contribution in [3.8, 4) is 0 Å². The summed E-state index contributed by atoms with van der Waals surface area (Å²) < 4.78 is 0.322. The Bertz CT molecular complexity index is 324. The van der Waals surface area contributed by atoms with Gasteiger partial charge in [0, 0.05) is 23.6 Å². The van der Waals surface area contributed by atoms with Crippen molar-refractivity contribution >= 4 is 17.7 Å². The van der Waals surface area contributed by atoms with Crippen LogP contribution in [-0.2, 0) is 4.79 Å². The lowest BCUT2D eigenvalue weighted by Crippen LogP contribution is -2.49. The molecule has 0 spiro atoms. The molecule has 110 valence electrons. The monoisotopic (exact) mass is 284 g/mol. The smallest absolute Gasteiger partial charge is 0.228 e. The van der Waals surface area contributed by atoms with Crippen LogP contribution in [0.5, 0.6) is 0 Å². The quantitative estimate of drug-likeness (QED) is 0.845. The zero-order valence-corrected chi connectivity index (χ0v) is 13.4. The summed E-state index contributed by atoms with van der Waals surface area (Å²) in [5, 5.41) is 3.38. The molecule has 0 aromatic heterocycles. The zero-order chi connectivity index (χ0) is 13.9. The van der Waals surface area contributed by atoms with Crippen LogP contribution in [0.1, 0.15) is 46.5 Å². The van der Waals surface area contributed by atoms with E-state index in [-0.39, 0.29) is 5.41 Å². The van der Waals surface area contributed by atoms with E-state index in [1.807, 2.05) is 11.8 Å². The van der Waals surface area contributed by atoms with Crippen molar-refractivity contribution in [3.05, 3.63) is 0 Å². The molecule has 0 bridgehead atoms. The van der Waals surface area contributed by atoms with E-state index < -0.39 is 0 Å². The summed E-state index contributed by atoms with van der Waals surface area (Å²) >= 11 is 2.01. The summed E-state index contributed by atoms with van der Waals surface area (Å²) in [6.45, 7) is 10.6. The van der Waals surface area contributed by atoms with Crippen LogP contribution in [0.2, 0.25) is 0 Å². The van der Waals surface area contributed by atoms with E-state index in [0.29, 0.717) is 10.7 Å². The third-order valence-electron chi connectivity index (χ3n) is 4.82. The Hall–Kier alpha value is -0.220. The van der Waals surface area contributed by atoms with Crippen LogP contribution < -0.4 is 5.32 Å². The Morgan fingerprint density at radius 1 is 1.21 bits per heavy atom. The van der Waals surface area contributed by atoms with E-state index in [4.69, 9.17) is 0 Å². The summed E-state index contributed by atoms with van der Waals surface area (Å²) in [4.78, 5) is 15.1. The van der Waals surface area contributed by atoms with Gasteiger partial charge in [0.1, 0.15) is 0 Å². The summed E-state index contributed by atoms with van der Waals surface area (Å²) in [7, 11) is 0. The van der Waals surface area contributed by atoms with E-state index in [9.17, 15) is 4.79 Å². The van der Waals surface area contributed by atoms with Crippen LogP contribution in [-0.4, -0.2) is 47.5 Å². The highest BCUT2D eigenvalue weighted by Crippen LogP contribution is 2.37. The van der Waals surface area contributed by atoms with E-state index in [1.54, 1.807) is 0 Å². The maximum atomic E-state index is 13.0. The molecule has 2 fully saturated rings. The summed E-state index contributed by atoms with van der Waals surface area (Å²) in [5.74, 6) is 1.51. The van der Waals surface area contributed by atoms with Crippen molar-refractivity contribution in [2.45, 2.75) is 51.2 Å². The van der Waals surface area contributed by atoms with Crippen LogP contribution in [0, 0.1) is 5.41 Å². The van der Waals surface area contributed by atoms with Gasteiger partial charge in [-0.3, -0.25) is 4.79 Å². The molecule has 0 unspecified atom stereocenters. The third kappa shape index (κ3) is 3.46.